The van der Waals surface area contributed by atoms with Gasteiger partial charge >= 0.3 is 6.18 Å². The van der Waals surface area contributed by atoms with Crippen LogP contribution in [0.5, 0.6) is 0 Å². The van der Waals surface area contributed by atoms with E-state index in [0.717, 1.165) is 12.1 Å². The van der Waals surface area contributed by atoms with E-state index in [1.54, 1.807) is 13.8 Å². The molecule has 3 rings (SSSR count). The number of Topliss-reactive ketones (excluding diaryl/α,β-unsaturated/α-hetero) is 1. The van der Waals surface area contributed by atoms with E-state index in [1.807, 2.05) is 13.8 Å². The summed E-state index contributed by atoms with van der Waals surface area (Å²) in [6.45, 7) is 7.37. The number of carbonyl (C=O) groups excluding carboxylic acids is 2. The molecule has 1 aromatic carbocycles. The van der Waals surface area contributed by atoms with E-state index >= 15 is 0 Å². The average Bonchev–Trinajstić information content (AvgIpc) is 2.63. The number of fused-ring (bicyclic) bond motifs is 1. The van der Waals surface area contributed by atoms with Crippen molar-refractivity contribution in [3.8, 4) is 0 Å². The molecule has 0 fully saturated rings. The van der Waals surface area contributed by atoms with Gasteiger partial charge in [-0.15, -0.1) is 0 Å². The number of halogens is 3. The van der Waals surface area contributed by atoms with Crippen LogP contribution in [0.1, 0.15) is 77.7 Å². The largest absolute Gasteiger partial charge is 0.416 e. The lowest BCUT2D eigenvalue weighted by molar-refractivity contribution is -0.137. The van der Waals surface area contributed by atoms with Gasteiger partial charge in [0.25, 0.3) is 11.5 Å². The second-order valence-electron chi connectivity index (χ2n) is 9.16. The van der Waals surface area contributed by atoms with Gasteiger partial charge in [-0.2, -0.15) is 13.2 Å². The van der Waals surface area contributed by atoms with Crippen LogP contribution in [0.3, 0.4) is 0 Å². The quantitative estimate of drug-likeness (QED) is 0.734. The molecule has 2 N–H and O–H groups in total. The molecule has 1 amide bonds. The Morgan fingerprint density at radius 1 is 1.13 bits per heavy atom. The number of hydrogen-bond acceptors (Lipinski definition) is 3. The van der Waals surface area contributed by atoms with Crippen LogP contribution in [0.15, 0.2) is 35.1 Å². The molecule has 0 saturated heterocycles. The summed E-state index contributed by atoms with van der Waals surface area (Å²) in [5.74, 6) is -1.14. The smallest absolute Gasteiger partial charge is 0.345 e. The van der Waals surface area contributed by atoms with E-state index in [1.165, 1.54) is 18.2 Å². The molecule has 166 valence electrons. The minimum absolute atomic E-state index is 0.158. The van der Waals surface area contributed by atoms with Gasteiger partial charge in [-0.3, -0.25) is 14.4 Å². The summed E-state index contributed by atoms with van der Waals surface area (Å²) in [7, 11) is 0. The molecule has 0 radical (unpaired) electrons. The predicted molar refractivity (Wildman–Crippen MR) is 110 cm³/mol. The van der Waals surface area contributed by atoms with Gasteiger partial charge in [0.15, 0.2) is 5.78 Å². The average molecular weight is 434 g/mol. The fourth-order valence-electron chi connectivity index (χ4n) is 3.96. The monoisotopic (exact) mass is 434 g/mol. The van der Waals surface area contributed by atoms with Gasteiger partial charge in [0.05, 0.1) is 11.6 Å². The third-order valence-electron chi connectivity index (χ3n) is 5.49. The number of pyridine rings is 1. The number of carbonyl (C=O) groups is 2. The van der Waals surface area contributed by atoms with Crippen molar-refractivity contribution in [2.24, 2.45) is 11.3 Å². The summed E-state index contributed by atoms with van der Waals surface area (Å²) < 4.78 is 39.3. The van der Waals surface area contributed by atoms with E-state index in [-0.39, 0.29) is 28.2 Å². The number of alkyl halides is 3. The van der Waals surface area contributed by atoms with Gasteiger partial charge < -0.3 is 10.3 Å². The lowest BCUT2D eigenvalue weighted by atomic mass is 9.75. The first kappa shape index (κ1) is 22.8. The molecular formula is C23H25F3N2O3. The van der Waals surface area contributed by atoms with Crippen LogP contribution in [0, 0.1) is 11.3 Å². The highest BCUT2D eigenvalue weighted by atomic mass is 19.4. The molecule has 0 bridgehead atoms. The molecule has 1 aliphatic carbocycles. The number of hydrogen-bond donors (Lipinski definition) is 2. The maximum absolute atomic E-state index is 13.1. The first-order chi connectivity index (χ1) is 14.3. The van der Waals surface area contributed by atoms with Crippen molar-refractivity contribution in [1.29, 1.82) is 0 Å². The SMILES string of the molecule is CC(C)C(NC(=O)c1cc2c([nH]c1=O)CC(C)(C)CC2=O)c1cccc(C(F)(F)F)c1. The molecule has 1 aromatic heterocycles. The van der Waals surface area contributed by atoms with Crippen molar-refractivity contribution in [2.45, 2.75) is 52.8 Å². The third-order valence-corrected chi connectivity index (χ3v) is 5.49. The maximum atomic E-state index is 13.1. The molecule has 1 atom stereocenters. The zero-order valence-electron chi connectivity index (χ0n) is 17.8. The molecular weight excluding hydrogens is 409 g/mol. The van der Waals surface area contributed by atoms with Crippen LogP contribution in [0.4, 0.5) is 13.2 Å². The number of aromatic amines is 1. The lowest BCUT2D eigenvalue weighted by Crippen LogP contribution is -2.37. The molecule has 1 heterocycles. The van der Waals surface area contributed by atoms with Crippen LogP contribution < -0.4 is 10.9 Å². The molecule has 0 saturated carbocycles. The Kier molecular flexibility index (Phi) is 5.86. The maximum Gasteiger partial charge on any atom is 0.416 e. The zero-order chi connectivity index (χ0) is 23.1. The normalized spacial score (nSPS) is 16.7. The van der Waals surface area contributed by atoms with E-state index in [0.29, 0.717) is 24.1 Å². The minimum Gasteiger partial charge on any atom is -0.345 e. The van der Waals surface area contributed by atoms with Crippen LogP contribution in [-0.2, 0) is 12.6 Å². The summed E-state index contributed by atoms with van der Waals surface area (Å²) in [5, 5.41) is 2.67. The van der Waals surface area contributed by atoms with E-state index in [9.17, 15) is 27.6 Å². The lowest BCUT2D eigenvalue weighted by Gasteiger charge is -2.30. The number of H-pyrrole nitrogens is 1. The van der Waals surface area contributed by atoms with E-state index in [2.05, 4.69) is 10.3 Å². The Balaban J connectivity index is 1.94. The number of aromatic nitrogens is 1. The van der Waals surface area contributed by atoms with Crippen LogP contribution in [-0.4, -0.2) is 16.7 Å². The number of ketones is 1. The first-order valence-electron chi connectivity index (χ1n) is 10.1. The summed E-state index contributed by atoms with van der Waals surface area (Å²) in [4.78, 5) is 40.6. The summed E-state index contributed by atoms with van der Waals surface area (Å²) in [6.07, 6.45) is -3.71. The van der Waals surface area contributed by atoms with Crippen molar-refractivity contribution in [1.82, 2.24) is 10.3 Å². The third kappa shape index (κ3) is 4.89. The van der Waals surface area contributed by atoms with E-state index in [4.69, 9.17) is 0 Å². The predicted octanol–water partition coefficient (Wildman–Crippen LogP) is 4.68. The van der Waals surface area contributed by atoms with Crippen LogP contribution >= 0.6 is 0 Å². The van der Waals surface area contributed by atoms with Gasteiger partial charge in [-0.1, -0.05) is 39.8 Å². The van der Waals surface area contributed by atoms with Gasteiger partial charge in [0.2, 0.25) is 0 Å². The second kappa shape index (κ2) is 7.98. The Labute approximate surface area is 178 Å². The fraction of sp³-hybridized carbons (Fsp3) is 0.435. The molecule has 5 nitrogen and oxygen atoms in total. The van der Waals surface area contributed by atoms with Crippen LogP contribution in [0.2, 0.25) is 0 Å². The number of nitrogens with one attached hydrogen (secondary N) is 2. The molecule has 1 aliphatic rings. The molecule has 8 heteroatoms. The van der Waals surface area contributed by atoms with Gasteiger partial charge in [0.1, 0.15) is 5.56 Å². The summed E-state index contributed by atoms with van der Waals surface area (Å²) >= 11 is 0. The van der Waals surface area contributed by atoms with Crippen LogP contribution in [0.25, 0.3) is 0 Å². The zero-order valence-corrected chi connectivity index (χ0v) is 17.8. The molecule has 31 heavy (non-hydrogen) atoms. The Morgan fingerprint density at radius 2 is 1.81 bits per heavy atom. The highest BCUT2D eigenvalue weighted by Gasteiger charge is 2.34. The Morgan fingerprint density at radius 3 is 2.42 bits per heavy atom. The van der Waals surface area contributed by atoms with Crippen molar-refractivity contribution >= 4 is 11.7 Å². The van der Waals surface area contributed by atoms with Gasteiger partial charge in [-0.25, -0.2) is 0 Å². The van der Waals surface area contributed by atoms with Gasteiger partial charge in [-0.05, 0) is 41.5 Å². The van der Waals surface area contributed by atoms with Crippen molar-refractivity contribution in [2.75, 3.05) is 0 Å². The summed E-state index contributed by atoms with van der Waals surface area (Å²) in [6, 6.07) is 5.29. The molecule has 0 spiro atoms. The minimum atomic E-state index is -4.51. The van der Waals surface area contributed by atoms with Crippen molar-refractivity contribution in [3.63, 3.8) is 0 Å². The highest BCUT2D eigenvalue weighted by Crippen LogP contribution is 2.34. The van der Waals surface area contributed by atoms with Crippen molar-refractivity contribution in [3.05, 3.63) is 68.6 Å². The van der Waals surface area contributed by atoms with Gasteiger partial charge in [0, 0.05) is 17.7 Å². The number of benzene rings is 1. The fourth-order valence-corrected chi connectivity index (χ4v) is 3.96. The topological polar surface area (TPSA) is 79.0 Å². The highest BCUT2D eigenvalue weighted by molar-refractivity contribution is 6.02. The molecule has 0 aliphatic heterocycles. The second-order valence-corrected chi connectivity index (χ2v) is 9.16. The molecule has 2 aromatic rings. The first-order valence-corrected chi connectivity index (χ1v) is 10.1. The Bertz CT molecular complexity index is 1080. The molecule has 1 unspecified atom stereocenters. The van der Waals surface area contributed by atoms with Crippen molar-refractivity contribution < 1.29 is 22.8 Å². The summed E-state index contributed by atoms with van der Waals surface area (Å²) in [5.41, 5.74) is -0.874. The standard InChI is InChI=1S/C23H25F3N2O3/c1-12(2)19(13-6-5-7-14(8-13)23(24,25)26)28-21(31)16-9-15-17(27-20(16)30)10-22(3,4)11-18(15)29/h5-9,12,19H,10-11H2,1-4H3,(H,27,30)(H,28,31). The Hall–Kier alpha value is -2.90. The number of amides is 1. The van der Waals surface area contributed by atoms with E-state index < -0.39 is 29.2 Å². The number of rotatable bonds is 4.